The highest BCUT2D eigenvalue weighted by Crippen LogP contribution is 2.26. The number of hydrogen-bond donors (Lipinski definition) is 2. The molecule has 2 atom stereocenters. The number of halogens is 1. The van der Waals surface area contributed by atoms with Crippen LogP contribution in [0.25, 0.3) is 0 Å². The summed E-state index contributed by atoms with van der Waals surface area (Å²) in [5, 5.41) is 3.00. The van der Waals surface area contributed by atoms with E-state index in [0.717, 1.165) is 30.4 Å². The molecule has 1 fully saturated rings. The molecule has 118 valence electrons. The van der Waals surface area contributed by atoms with Crippen LogP contribution in [0.5, 0.6) is 0 Å². The lowest BCUT2D eigenvalue weighted by atomic mass is 10.00. The summed E-state index contributed by atoms with van der Waals surface area (Å²) in [5.74, 6) is 0.448. The van der Waals surface area contributed by atoms with Crippen LogP contribution in [-0.4, -0.2) is 19.1 Å². The van der Waals surface area contributed by atoms with Crippen molar-refractivity contribution in [2.45, 2.75) is 44.9 Å². The minimum Gasteiger partial charge on any atom is -0.380 e. The Labute approximate surface area is 132 Å². The molecule has 5 heteroatoms. The van der Waals surface area contributed by atoms with Crippen LogP contribution in [0.2, 0.25) is 0 Å². The van der Waals surface area contributed by atoms with Gasteiger partial charge in [-0.05, 0) is 29.9 Å². The Bertz CT molecular complexity index is 454. The van der Waals surface area contributed by atoms with Crippen LogP contribution in [-0.2, 0) is 22.7 Å². The van der Waals surface area contributed by atoms with Gasteiger partial charge in [-0.2, -0.15) is 0 Å². The van der Waals surface area contributed by atoms with E-state index in [2.05, 4.69) is 5.32 Å². The maximum atomic E-state index is 12.0. The molecule has 0 spiro atoms. The van der Waals surface area contributed by atoms with Crippen LogP contribution >= 0.6 is 12.4 Å². The van der Waals surface area contributed by atoms with Gasteiger partial charge < -0.3 is 15.8 Å². The zero-order valence-electron chi connectivity index (χ0n) is 12.5. The Morgan fingerprint density at radius 3 is 2.67 bits per heavy atom. The van der Waals surface area contributed by atoms with E-state index in [1.165, 1.54) is 0 Å². The number of carbonyl (C=O) groups excluding carboxylic acids is 1. The van der Waals surface area contributed by atoms with Crippen molar-refractivity contribution >= 4 is 18.3 Å². The lowest BCUT2D eigenvalue weighted by Crippen LogP contribution is -2.31. The first-order valence-electron chi connectivity index (χ1n) is 7.28. The summed E-state index contributed by atoms with van der Waals surface area (Å²) in [6, 6.07) is 8.21. The number of methoxy groups -OCH3 is 1. The molecule has 21 heavy (non-hydrogen) atoms. The highest BCUT2D eigenvalue weighted by Gasteiger charge is 2.25. The number of nitrogens with one attached hydrogen (secondary N) is 1. The smallest absolute Gasteiger partial charge is 0.220 e. The molecule has 1 amide bonds. The molecule has 0 radical (unpaired) electrons. The highest BCUT2D eigenvalue weighted by molar-refractivity contribution is 5.85. The molecule has 1 aliphatic carbocycles. The molecule has 0 saturated heterocycles. The molecule has 0 aliphatic heterocycles. The molecule has 1 aromatic carbocycles. The fourth-order valence-electron chi connectivity index (χ4n) is 2.85. The number of ether oxygens (including phenoxy) is 1. The van der Waals surface area contributed by atoms with Crippen molar-refractivity contribution in [2.24, 2.45) is 11.7 Å². The molecule has 1 aliphatic rings. The van der Waals surface area contributed by atoms with Gasteiger partial charge in [-0.25, -0.2) is 0 Å². The topological polar surface area (TPSA) is 64.3 Å². The lowest BCUT2D eigenvalue weighted by Gasteiger charge is -2.15. The van der Waals surface area contributed by atoms with Crippen molar-refractivity contribution in [1.29, 1.82) is 0 Å². The number of nitrogens with two attached hydrogens (primary N) is 1. The molecule has 4 nitrogen and oxygen atoms in total. The summed E-state index contributed by atoms with van der Waals surface area (Å²) in [7, 11) is 1.68. The van der Waals surface area contributed by atoms with Gasteiger partial charge in [0.1, 0.15) is 0 Å². The largest absolute Gasteiger partial charge is 0.380 e. The van der Waals surface area contributed by atoms with Gasteiger partial charge in [0.25, 0.3) is 0 Å². The molecule has 0 heterocycles. The van der Waals surface area contributed by atoms with Crippen LogP contribution in [0.1, 0.15) is 36.8 Å². The van der Waals surface area contributed by atoms with Gasteiger partial charge in [0, 0.05) is 26.1 Å². The molecule has 2 rings (SSSR count). The highest BCUT2D eigenvalue weighted by atomic mass is 35.5. The molecule has 0 bridgehead atoms. The fraction of sp³-hybridized carbons (Fsp3) is 0.562. The van der Waals surface area contributed by atoms with Gasteiger partial charge in [0.05, 0.1) is 6.61 Å². The van der Waals surface area contributed by atoms with Crippen LogP contribution < -0.4 is 11.1 Å². The summed E-state index contributed by atoms with van der Waals surface area (Å²) in [4.78, 5) is 12.0. The average molecular weight is 313 g/mol. The van der Waals surface area contributed by atoms with Gasteiger partial charge in [-0.15, -0.1) is 12.4 Å². The van der Waals surface area contributed by atoms with Crippen molar-refractivity contribution in [3.05, 3.63) is 35.4 Å². The van der Waals surface area contributed by atoms with Gasteiger partial charge >= 0.3 is 0 Å². The minimum absolute atomic E-state index is 0. The Morgan fingerprint density at radius 1 is 1.33 bits per heavy atom. The standard InChI is InChI=1S/C16H24N2O2.ClH/c1-20-11-14-6-3-2-5-13(14)10-18-16(19)9-12-7-4-8-15(12)17;/h2-3,5-6,12,15H,4,7-11,17H2,1H3,(H,18,19);1H/t12-,15+;/m0./s1. The molecular weight excluding hydrogens is 288 g/mol. The van der Waals surface area contributed by atoms with E-state index >= 15 is 0 Å². The molecule has 0 unspecified atom stereocenters. The third kappa shape index (κ3) is 5.30. The predicted octanol–water partition coefficient (Wildman–Crippen LogP) is 2.39. The number of benzene rings is 1. The molecular formula is C16H25ClN2O2. The third-order valence-corrected chi connectivity index (χ3v) is 4.06. The molecule has 1 saturated carbocycles. The van der Waals surface area contributed by atoms with E-state index in [-0.39, 0.29) is 24.4 Å². The first-order valence-corrected chi connectivity index (χ1v) is 7.28. The summed E-state index contributed by atoms with van der Waals surface area (Å²) < 4.78 is 5.17. The SMILES string of the molecule is COCc1ccccc1CNC(=O)C[C@@H]1CCC[C@H]1N.Cl. The molecule has 3 N–H and O–H groups in total. The van der Waals surface area contributed by atoms with Crippen LogP contribution in [0, 0.1) is 5.92 Å². The second-order valence-corrected chi connectivity index (χ2v) is 5.54. The molecule has 1 aromatic rings. The average Bonchev–Trinajstić information content (AvgIpc) is 2.84. The number of carbonyl (C=O) groups is 1. The van der Waals surface area contributed by atoms with E-state index in [1.807, 2.05) is 24.3 Å². The predicted molar refractivity (Wildman–Crippen MR) is 86.2 cm³/mol. The summed E-state index contributed by atoms with van der Waals surface area (Å²) in [6.07, 6.45) is 3.83. The first kappa shape index (κ1) is 18.0. The molecule has 0 aromatic heterocycles. The summed E-state index contributed by atoms with van der Waals surface area (Å²) in [5.41, 5.74) is 8.23. The zero-order chi connectivity index (χ0) is 14.4. The lowest BCUT2D eigenvalue weighted by molar-refractivity contribution is -0.122. The van der Waals surface area contributed by atoms with Gasteiger partial charge in [-0.3, -0.25) is 4.79 Å². The Hall–Kier alpha value is -1.10. The zero-order valence-corrected chi connectivity index (χ0v) is 13.3. The van der Waals surface area contributed by atoms with Crippen LogP contribution in [0.3, 0.4) is 0 Å². The first-order chi connectivity index (χ1) is 9.70. The summed E-state index contributed by atoms with van der Waals surface area (Å²) >= 11 is 0. The van der Waals surface area contributed by atoms with Crippen LogP contribution in [0.4, 0.5) is 0 Å². The van der Waals surface area contributed by atoms with E-state index < -0.39 is 0 Å². The van der Waals surface area contributed by atoms with E-state index in [1.54, 1.807) is 7.11 Å². The Morgan fingerprint density at radius 2 is 2.05 bits per heavy atom. The maximum Gasteiger partial charge on any atom is 0.220 e. The van der Waals surface area contributed by atoms with E-state index in [9.17, 15) is 4.79 Å². The van der Waals surface area contributed by atoms with Gasteiger partial charge in [0.2, 0.25) is 5.91 Å². The Kier molecular flexibility index (Phi) is 7.72. The monoisotopic (exact) mass is 312 g/mol. The van der Waals surface area contributed by atoms with Gasteiger partial charge in [-0.1, -0.05) is 30.7 Å². The van der Waals surface area contributed by atoms with Gasteiger partial charge in [0.15, 0.2) is 0 Å². The van der Waals surface area contributed by atoms with Crippen molar-refractivity contribution in [3.63, 3.8) is 0 Å². The van der Waals surface area contributed by atoms with Crippen molar-refractivity contribution in [3.8, 4) is 0 Å². The second-order valence-electron chi connectivity index (χ2n) is 5.54. The quantitative estimate of drug-likeness (QED) is 0.847. The fourth-order valence-corrected chi connectivity index (χ4v) is 2.85. The third-order valence-electron chi connectivity index (χ3n) is 4.06. The summed E-state index contributed by atoms with van der Waals surface area (Å²) in [6.45, 7) is 1.12. The van der Waals surface area contributed by atoms with Crippen molar-refractivity contribution in [2.75, 3.05) is 7.11 Å². The number of amides is 1. The maximum absolute atomic E-state index is 12.0. The van der Waals surface area contributed by atoms with Crippen LogP contribution in [0.15, 0.2) is 24.3 Å². The van der Waals surface area contributed by atoms with Crippen molar-refractivity contribution < 1.29 is 9.53 Å². The number of hydrogen-bond acceptors (Lipinski definition) is 3. The van der Waals surface area contributed by atoms with E-state index in [4.69, 9.17) is 10.5 Å². The second kappa shape index (κ2) is 9.03. The van der Waals surface area contributed by atoms with E-state index in [0.29, 0.717) is 25.5 Å². The van der Waals surface area contributed by atoms with Crippen molar-refractivity contribution in [1.82, 2.24) is 5.32 Å². The minimum atomic E-state index is 0. The normalized spacial score (nSPS) is 20.9. The Balaban J connectivity index is 0.00000220. The number of rotatable bonds is 6.